The summed E-state index contributed by atoms with van der Waals surface area (Å²) in [6.07, 6.45) is 1.65. The Bertz CT molecular complexity index is 935. The van der Waals surface area contributed by atoms with Gasteiger partial charge in [0.2, 0.25) is 0 Å². The van der Waals surface area contributed by atoms with Gasteiger partial charge in [-0.2, -0.15) is 0 Å². The first-order chi connectivity index (χ1) is 12.8. The average molecular weight is 367 g/mol. The third-order valence-corrected chi connectivity index (χ3v) is 4.37. The normalized spacial score (nSPS) is 13.4. The van der Waals surface area contributed by atoms with Crippen LogP contribution in [0.4, 0.5) is 11.5 Å². The largest absolute Gasteiger partial charge is 0.497 e. The number of nitrogens with one attached hydrogen (secondary N) is 1. The summed E-state index contributed by atoms with van der Waals surface area (Å²) < 4.78 is 10.6. The molecule has 3 aromatic rings. The monoisotopic (exact) mass is 367 g/mol. The van der Waals surface area contributed by atoms with Crippen LogP contribution in [0.25, 0.3) is 11.0 Å². The van der Waals surface area contributed by atoms with Crippen molar-refractivity contribution in [1.29, 1.82) is 0 Å². The highest BCUT2D eigenvalue weighted by molar-refractivity contribution is 5.77. The molecule has 3 rings (SSSR count). The van der Waals surface area contributed by atoms with Gasteiger partial charge in [-0.05, 0) is 33.2 Å². The van der Waals surface area contributed by atoms with Gasteiger partial charge < -0.3 is 19.9 Å². The van der Waals surface area contributed by atoms with Crippen LogP contribution < -0.4 is 14.8 Å². The van der Waals surface area contributed by atoms with Crippen molar-refractivity contribution >= 4 is 22.5 Å². The number of rotatable bonds is 6. The summed E-state index contributed by atoms with van der Waals surface area (Å²) in [6, 6.07) is 10.9. The number of nitrogens with zero attached hydrogens (tertiary/aromatic N) is 3. The average Bonchev–Trinajstić information content (AvgIpc) is 2.66. The van der Waals surface area contributed by atoms with Crippen molar-refractivity contribution in [2.75, 3.05) is 33.6 Å². The summed E-state index contributed by atoms with van der Waals surface area (Å²) in [5.41, 5.74) is 1.42. The molecule has 1 radical (unpaired) electrons. The van der Waals surface area contributed by atoms with Crippen LogP contribution in [-0.2, 0) is 5.72 Å². The van der Waals surface area contributed by atoms with Gasteiger partial charge in [-0.15, -0.1) is 0 Å². The summed E-state index contributed by atoms with van der Waals surface area (Å²) in [7, 11) is 6.72. The molecule has 1 aromatic heterocycles. The smallest absolute Gasteiger partial charge is 0.149 e. The molecule has 0 aliphatic heterocycles. The molecular weight excluding hydrogens is 344 g/mol. The van der Waals surface area contributed by atoms with Gasteiger partial charge in [0.25, 0.3) is 0 Å². The lowest BCUT2D eigenvalue weighted by Crippen LogP contribution is -2.38. The van der Waals surface area contributed by atoms with Crippen molar-refractivity contribution < 1.29 is 14.6 Å². The van der Waals surface area contributed by atoms with Crippen molar-refractivity contribution in [1.82, 2.24) is 14.9 Å². The molecule has 1 unspecified atom stereocenters. The minimum Gasteiger partial charge on any atom is -0.497 e. The molecule has 0 aliphatic carbocycles. The molecule has 141 valence electrons. The van der Waals surface area contributed by atoms with Gasteiger partial charge in [-0.25, -0.2) is 4.98 Å². The van der Waals surface area contributed by atoms with Crippen LogP contribution in [0.3, 0.4) is 0 Å². The maximum Gasteiger partial charge on any atom is 0.149 e. The number of anilines is 2. The molecule has 27 heavy (non-hydrogen) atoms. The van der Waals surface area contributed by atoms with E-state index < -0.39 is 5.72 Å². The maximum absolute atomic E-state index is 10.6. The zero-order valence-corrected chi connectivity index (χ0v) is 15.9. The van der Waals surface area contributed by atoms with Crippen molar-refractivity contribution in [3.05, 3.63) is 55.1 Å². The molecule has 7 heteroatoms. The first-order valence-corrected chi connectivity index (χ1v) is 8.36. The number of methoxy groups -OCH3 is 2. The number of hydrogen-bond donors (Lipinski definition) is 2. The molecule has 0 aliphatic rings. The predicted octanol–water partition coefficient (Wildman–Crippen LogP) is 2.93. The Balaban J connectivity index is 1.96. The predicted molar refractivity (Wildman–Crippen MR) is 105 cm³/mol. The molecule has 0 fully saturated rings. The quantitative estimate of drug-likeness (QED) is 0.649. The fourth-order valence-electron chi connectivity index (χ4n) is 2.61. The molecule has 1 heterocycles. The van der Waals surface area contributed by atoms with E-state index in [-0.39, 0.29) is 0 Å². The van der Waals surface area contributed by atoms with Gasteiger partial charge in [-0.3, -0.25) is 9.88 Å². The second-order valence-corrected chi connectivity index (χ2v) is 6.40. The van der Waals surface area contributed by atoms with E-state index in [2.05, 4.69) is 22.2 Å². The molecule has 1 atom stereocenters. The molecule has 0 saturated carbocycles. The number of benzene rings is 2. The third kappa shape index (κ3) is 3.94. The van der Waals surface area contributed by atoms with Crippen LogP contribution in [0.15, 0.2) is 42.6 Å². The molecule has 0 spiro atoms. The highest BCUT2D eigenvalue weighted by Gasteiger charge is 2.26. The summed E-state index contributed by atoms with van der Waals surface area (Å²) >= 11 is 0. The highest BCUT2D eigenvalue weighted by Crippen LogP contribution is 2.29. The van der Waals surface area contributed by atoms with Crippen molar-refractivity contribution in [2.45, 2.75) is 5.72 Å². The molecule has 2 N–H and O–H groups in total. The molecule has 0 amide bonds. The minimum atomic E-state index is -1.35. The van der Waals surface area contributed by atoms with Gasteiger partial charge >= 0.3 is 0 Å². The first-order valence-electron chi connectivity index (χ1n) is 8.36. The zero-order valence-electron chi connectivity index (χ0n) is 15.9. The lowest BCUT2D eigenvalue weighted by atomic mass is 10.0. The van der Waals surface area contributed by atoms with Gasteiger partial charge in [0.1, 0.15) is 23.0 Å². The van der Waals surface area contributed by atoms with Crippen LogP contribution in [-0.4, -0.2) is 48.3 Å². The molecular formula is C20H23N4O3. The van der Waals surface area contributed by atoms with Crippen molar-refractivity contribution in [3.8, 4) is 11.5 Å². The number of aromatic nitrogens is 2. The second kappa shape index (κ2) is 7.38. The Hall–Kier alpha value is -2.90. The minimum absolute atomic E-state index is 0.562. The molecule has 0 saturated heterocycles. The highest BCUT2D eigenvalue weighted by atomic mass is 16.5. The van der Waals surface area contributed by atoms with Gasteiger partial charge in [0.05, 0.1) is 31.4 Å². The van der Waals surface area contributed by atoms with E-state index >= 15 is 0 Å². The Labute approximate surface area is 158 Å². The lowest BCUT2D eigenvalue weighted by molar-refractivity contribution is -0.0463. The standard InChI is InChI=1S/C20H23N4O3/c1-20(25,24(2)3)13-6-7-17-18(8-13)23-19(12-21-17)22-14-9-15(26-4)11-16(10-14)27-5/h6-12,25H,1H2,2-5H3,(H,22,23). The number of ether oxygens (including phenoxy) is 2. The van der Waals surface area contributed by atoms with E-state index in [9.17, 15) is 5.11 Å². The maximum atomic E-state index is 10.6. The van der Waals surface area contributed by atoms with Crippen LogP contribution in [0, 0.1) is 6.92 Å². The number of aliphatic hydroxyl groups is 1. The van der Waals surface area contributed by atoms with E-state index in [1.807, 2.05) is 18.2 Å². The van der Waals surface area contributed by atoms with E-state index in [4.69, 9.17) is 9.47 Å². The lowest BCUT2D eigenvalue weighted by Gasteiger charge is -2.31. The second-order valence-electron chi connectivity index (χ2n) is 6.40. The van der Waals surface area contributed by atoms with Crippen molar-refractivity contribution in [3.63, 3.8) is 0 Å². The van der Waals surface area contributed by atoms with E-state index in [1.54, 1.807) is 57.6 Å². The van der Waals surface area contributed by atoms with Crippen LogP contribution in [0.5, 0.6) is 11.5 Å². The number of fused-ring (bicyclic) bond motifs is 1. The van der Waals surface area contributed by atoms with E-state index in [0.29, 0.717) is 28.4 Å². The van der Waals surface area contributed by atoms with Gasteiger partial charge in [0.15, 0.2) is 0 Å². The van der Waals surface area contributed by atoms with Gasteiger partial charge in [-0.1, -0.05) is 6.07 Å². The van der Waals surface area contributed by atoms with Gasteiger partial charge in [0, 0.05) is 29.4 Å². The topological polar surface area (TPSA) is 79.7 Å². The fourth-order valence-corrected chi connectivity index (χ4v) is 2.61. The Morgan fingerprint density at radius 1 is 1.04 bits per heavy atom. The fraction of sp³-hybridized carbons (Fsp3) is 0.250. The number of hydrogen-bond acceptors (Lipinski definition) is 7. The molecule has 7 nitrogen and oxygen atoms in total. The Morgan fingerprint density at radius 3 is 2.30 bits per heavy atom. The van der Waals surface area contributed by atoms with Crippen molar-refractivity contribution in [2.24, 2.45) is 0 Å². The zero-order chi connectivity index (χ0) is 19.6. The summed E-state index contributed by atoms with van der Waals surface area (Å²) in [4.78, 5) is 10.7. The van der Waals surface area contributed by atoms with Crippen LogP contribution >= 0.6 is 0 Å². The Morgan fingerprint density at radius 2 is 1.70 bits per heavy atom. The molecule has 2 aromatic carbocycles. The Kier molecular flexibility index (Phi) is 5.16. The SMILES string of the molecule is [CH2]C(O)(c1ccc2ncc(Nc3cc(OC)cc(OC)c3)nc2c1)N(C)C. The summed E-state index contributed by atoms with van der Waals surface area (Å²) in [5.74, 6) is 1.90. The summed E-state index contributed by atoms with van der Waals surface area (Å²) in [5, 5.41) is 13.8. The first kappa shape index (κ1) is 18.9. The molecule has 0 bridgehead atoms. The van der Waals surface area contributed by atoms with Crippen LogP contribution in [0.1, 0.15) is 5.56 Å². The summed E-state index contributed by atoms with van der Waals surface area (Å²) in [6.45, 7) is 3.86. The van der Waals surface area contributed by atoms with E-state index in [1.165, 1.54) is 0 Å². The van der Waals surface area contributed by atoms with Crippen LogP contribution in [0.2, 0.25) is 0 Å². The van der Waals surface area contributed by atoms with E-state index in [0.717, 1.165) is 11.2 Å². The third-order valence-electron chi connectivity index (χ3n) is 4.37.